The standard InChI is InChI=1S/C19H18N4O7/c1-21-15(20)14(18(28)22(2)19(21)29)12(24)9-30-13(25)7-8-23-16(26)10-5-3-4-6-11(10)17(23)27/h3-6H,7-9,20H2,1-2H3. The molecular formula is C19H18N4O7. The fourth-order valence-electron chi connectivity index (χ4n) is 3.06. The number of imide groups is 1. The molecule has 0 bridgehead atoms. The molecule has 1 aromatic heterocycles. The number of carbonyl (C=O) groups excluding carboxylic acids is 4. The Bertz CT molecular complexity index is 1170. The highest BCUT2D eigenvalue weighted by Crippen LogP contribution is 2.22. The lowest BCUT2D eigenvalue weighted by Crippen LogP contribution is -2.42. The summed E-state index contributed by atoms with van der Waals surface area (Å²) < 4.78 is 6.50. The number of ether oxygens (including phenoxy) is 1. The highest BCUT2D eigenvalue weighted by molar-refractivity contribution is 6.21. The van der Waals surface area contributed by atoms with Crippen LogP contribution in [0.2, 0.25) is 0 Å². The molecule has 30 heavy (non-hydrogen) atoms. The van der Waals surface area contributed by atoms with Gasteiger partial charge in [-0.15, -0.1) is 0 Å². The van der Waals surface area contributed by atoms with Gasteiger partial charge in [-0.1, -0.05) is 12.1 Å². The molecule has 2 amide bonds. The fraction of sp³-hybridized carbons (Fsp3) is 0.263. The van der Waals surface area contributed by atoms with Gasteiger partial charge >= 0.3 is 11.7 Å². The van der Waals surface area contributed by atoms with E-state index in [2.05, 4.69) is 0 Å². The first-order valence-corrected chi connectivity index (χ1v) is 8.84. The molecule has 0 unspecified atom stereocenters. The van der Waals surface area contributed by atoms with Gasteiger partial charge in [-0.25, -0.2) is 4.79 Å². The molecule has 1 aromatic carbocycles. The predicted molar refractivity (Wildman–Crippen MR) is 103 cm³/mol. The van der Waals surface area contributed by atoms with Crippen molar-refractivity contribution in [1.29, 1.82) is 0 Å². The molecule has 11 nitrogen and oxygen atoms in total. The van der Waals surface area contributed by atoms with E-state index < -0.39 is 47.0 Å². The molecule has 2 N–H and O–H groups in total. The zero-order chi connectivity index (χ0) is 22.2. The molecular weight excluding hydrogens is 396 g/mol. The number of carbonyl (C=O) groups is 4. The number of nitrogen functional groups attached to an aromatic ring is 1. The average molecular weight is 414 g/mol. The number of nitrogens with two attached hydrogens (primary N) is 1. The van der Waals surface area contributed by atoms with Gasteiger partial charge in [0.2, 0.25) is 5.78 Å². The third kappa shape index (κ3) is 3.41. The molecule has 3 rings (SSSR count). The van der Waals surface area contributed by atoms with Crippen LogP contribution in [0.4, 0.5) is 5.82 Å². The van der Waals surface area contributed by atoms with Crippen molar-refractivity contribution in [2.75, 3.05) is 18.9 Å². The Morgan fingerprint density at radius 3 is 2.10 bits per heavy atom. The maximum Gasteiger partial charge on any atom is 0.332 e. The van der Waals surface area contributed by atoms with Gasteiger partial charge in [0.15, 0.2) is 6.61 Å². The van der Waals surface area contributed by atoms with Crippen molar-refractivity contribution in [3.8, 4) is 0 Å². The van der Waals surface area contributed by atoms with Crippen LogP contribution in [0.1, 0.15) is 37.5 Å². The van der Waals surface area contributed by atoms with Gasteiger partial charge in [-0.3, -0.25) is 38.0 Å². The van der Waals surface area contributed by atoms with Crippen molar-refractivity contribution in [1.82, 2.24) is 14.0 Å². The smallest absolute Gasteiger partial charge is 0.332 e. The molecule has 0 spiro atoms. The minimum Gasteiger partial charge on any atom is -0.457 e. The van der Waals surface area contributed by atoms with Crippen LogP contribution in [0.25, 0.3) is 0 Å². The number of benzene rings is 1. The summed E-state index contributed by atoms with van der Waals surface area (Å²) in [7, 11) is 2.48. The molecule has 2 heterocycles. The zero-order valence-corrected chi connectivity index (χ0v) is 16.2. The number of rotatable bonds is 6. The molecule has 0 saturated heterocycles. The van der Waals surface area contributed by atoms with Gasteiger partial charge in [0.05, 0.1) is 17.5 Å². The van der Waals surface area contributed by atoms with Gasteiger partial charge in [0.1, 0.15) is 11.4 Å². The first-order chi connectivity index (χ1) is 14.1. The van der Waals surface area contributed by atoms with E-state index >= 15 is 0 Å². The van der Waals surface area contributed by atoms with Crippen LogP contribution in [0.3, 0.4) is 0 Å². The second kappa shape index (κ2) is 7.78. The minimum atomic E-state index is -0.900. The van der Waals surface area contributed by atoms with Crippen molar-refractivity contribution in [3.63, 3.8) is 0 Å². The van der Waals surface area contributed by atoms with E-state index in [0.29, 0.717) is 4.57 Å². The van der Waals surface area contributed by atoms with Crippen LogP contribution in [0.15, 0.2) is 33.9 Å². The number of nitrogens with zero attached hydrogens (tertiary/aromatic N) is 3. The number of ketones is 1. The van der Waals surface area contributed by atoms with Crippen LogP contribution < -0.4 is 17.0 Å². The number of hydrogen-bond acceptors (Lipinski definition) is 8. The zero-order valence-electron chi connectivity index (χ0n) is 16.2. The Balaban J connectivity index is 1.62. The molecule has 156 valence electrons. The monoisotopic (exact) mass is 414 g/mol. The summed E-state index contributed by atoms with van der Waals surface area (Å²) in [6, 6.07) is 6.29. The summed E-state index contributed by atoms with van der Waals surface area (Å²) in [6.07, 6.45) is -0.334. The summed E-state index contributed by atoms with van der Waals surface area (Å²) in [5.74, 6) is -3.09. The van der Waals surface area contributed by atoms with Gasteiger partial charge in [0.25, 0.3) is 17.4 Å². The molecule has 11 heteroatoms. The lowest BCUT2D eigenvalue weighted by molar-refractivity contribution is -0.142. The van der Waals surface area contributed by atoms with E-state index in [-0.39, 0.29) is 29.9 Å². The second-order valence-corrected chi connectivity index (χ2v) is 6.61. The maximum atomic E-state index is 12.3. The summed E-state index contributed by atoms with van der Waals surface area (Å²) in [5.41, 5.74) is 4.13. The molecule has 0 aliphatic carbocycles. The lowest BCUT2D eigenvalue weighted by Gasteiger charge is -2.13. The molecule has 1 aliphatic heterocycles. The summed E-state index contributed by atoms with van der Waals surface area (Å²) in [4.78, 5) is 73.7. The van der Waals surface area contributed by atoms with Gasteiger partial charge in [-0.05, 0) is 12.1 Å². The molecule has 0 saturated carbocycles. The fourth-order valence-corrected chi connectivity index (χ4v) is 3.06. The number of fused-ring (bicyclic) bond motifs is 1. The summed E-state index contributed by atoms with van der Waals surface area (Å²) in [5, 5.41) is 0. The van der Waals surface area contributed by atoms with Crippen LogP contribution in [-0.4, -0.2) is 50.8 Å². The molecule has 2 aromatic rings. The third-order valence-corrected chi connectivity index (χ3v) is 4.77. The Hall–Kier alpha value is -4.02. The number of Topliss-reactive ketones (excluding diaryl/α,β-unsaturated/α-hetero) is 1. The Morgan fingerprint density at radius 1 is 0.967 bits per heavy atom. The average Bonchev–Trinajstić information content (AvgIpc) is 2.98. The van der Waals surface area contributed by atoms with E-state index in [1.165, 1.54) is 26.2 Å². The second-order valence-electron chi connectivity index (χ2n) is 6.61. The third-order valence-electron chi connectivity index (χ3n) is 4.77. The highest BCUT2D eigenvalue weighted by Gasteiger charge is 2.35. The van der Waals surface area contributed by atoms with Gasteiger partial charge in [0, 0.05) is 20.6 Å². The number of anilines is 1. The number of hydrogen-bond donors (Lipinski definition) is 1. The quantitative estimate of drug-likeness (QED) is 0.362. The van der Waals surface area contributed by atoms with Crippen molar-refractivity contribution in [2.45, 2.75) is 6.42 Å². The van der Waals surface area contributed by atoms with E-state index in [1.807, 2.05) is 0 Å². The van der Waals surface area contributed by atoms with E-state index in [4.69, 9.17) is 10.5 Å². The van der Waals surface area contributed by atoms with Crippen molar-refractivity contribution in [3.05, 3.63) is 61.8 Å². The van der Waals surface area contributed by atoms with E-state index in [1.54, 1.807) is 12.1 Å². The maximum absolute atomic E-state index is 12.3. The Labute approximate surface area is 169 Å². The van der Waals surface area contributed by atoms with Crippen molar-refractivity contribution in [2.24, 2.45) is 14.1 Å². The van der Waals surface area contributed by atoms with E-state index in [0.717, 1.165) is 9.47 Å². The highest BCUT2D eigenvalue weighted by atomic mass is 16.5. The summed E-state index contributed by atoms with van der Waals surface area (Å²) >= 11 is 0. The normalized spacial score (nSPS) is 12.8. The number of aromatic nitrogens is 2. The first kappa shape index (κ1) is 20.7. The number of amides is 2. The van der Waals surface area contributed by atoms with Gasteiger partial charge < -0.3 is 10.5 Å². The largest absolute Gasteiger partial charge is 0.457 e. The van der Waals surface area contributed by atoms with E-state index in [9.17, 15) is 28.8 Å². The molecule has 0 fully saturated rings. The van der Waals surface area contributed by atoms with Crippen LogP contribution in [-0.2, 0) is 23.6 Å². The van der Waals surface area contributed by atoms with Gasteiger partial charge in [-0.2, -0.15) is 0 Å². The van der Waals surface area contributed by atoms with Crippen molar-refractivity contribution >= 4 is 29.4 Å². The molecule has 0 atom stereocenters. The first-order valence-electron chi connectivity index (χ1n) is 8.84. The molecule has 0 radical (unpaired) electrons. The van der Waals surface area contributed by atoms with Crippen LogP contribution >= 0.6 is 0 Å². The Kier molecular flexibility index (Phi) is 5.37. The SMILES string of the molecule is Cn1c(N)c(C(=O)COC(=O)CCN2C(=O)c3ccccc3C2=O)c(=O)n(C)c1=O. The molecule has 1 aliphatic rings. The lowest BCUT2D eigenvalue weighted by atomic mass is 10.1. The van der Waals surface area contributed by atoms with Crippen LogP contribution in [0.5, 0.6) is 0 Å². The number of esters is 1. The van der Waals surface area contributed by atoms with Crippen molar-refractivity contribution < 1.29 is 23.9 Å². The topological polar surface area (TPSA) is 151 Å². The van der Waals surface area contributed by atoms with Crippen LogP contribution in [0, 0.1) is 0 Å². The Morgan fingerprint density at radius 2 is 1.53 bits per heavy atom. The summed E-state index contributed by atoms with van der Waals surface area (Å²) in [6.45, 7) is -0.998. The predicted octanol–water partition coefficient (Wildman–Crippen LogP) is -0.922. The minimum absolute atomic E-state index is 0.219.